The maximum absolute atomic E-state index is 10.6. The number of carbonyl (C=O) groups excluding carboxylic acids is 1. The Morgan fingerprint density at radius 3 is 2.83 bits per heavy atom. The average Bonchev–Trinajstić information content (AvgIpc) is 3.23. The summed E-state index contributed by atoms with van der Waals surface area (Å²) in [6.45, 7) is 0.776. The topological polar surface area (TPSA) is 90.4 Å². The molecule has 23 heavy (non-hydrogen) atoms. The van der Waals surface area contributed by atoms with E-state index < -0.39 is 6.09 Å². The van der Waals surface area contributed by atoms with Crippen LogP contribution in [0.5, 0.6) is 0 Å². The fraction of sp³-hybridized carbons (Fsp3) is 0.125. The molecule has 0 unspecified atom stereocenters. The van der Waals surface area contributed by atoms with Crippen LogP contribution in [0.4, 0.5) is 10.5 Å². The van der Waals surface area contributed by atoms with Gasteiger partial charge in [0.15, 0.2) is 12.4 Å². The van der Waals surface area contributed by atoms with Crippen LogP contribution in [-0.4, -0.2) is 11.2 Å². The smallest absolute Gasteiger partial charge is 0.404 e. The van der Waals surface area contributed by atoms with Crippen molar-refractivity contribution in [2.75, 3.05) is 5.32 Å². The predicted octanol–water partition coefficient (Wildman–Crippen LogP) is 3.61. The lowest BCUT2D eigenvalue weighted by Crippen LogP contribution is -2.12. The summed E-state index contributed by atoms with van der Waals surface area (Å²) in [4.78, 5) is 11.8. The van der Waals surface area contributed by atoms with Crippen LogP contribution in [0.1, 0.15) is 10.6 Å². The molecule has 0 fully saturated rings. The molecule has 6 nitrogen and oxygen atoms in total. The molecular formula is C16H15N3O3S. The minimum Gasteiger partial charge on any atom is -0.441 e. The van der Waals surface area contributed by atoms with Crippen molar-refractivity contribution in [1.29, 1.82) is 0 Å². The van der Waals surface area contributed by atoms with E-state index >= 15 is 0 Å². The quantitative estimate of drug-likeness (QED) is 0.721. The number of nitrogens with zero attached hydrogens (tertiary/aromatic N) is 1. The van der Waals surface area contributed by atoms with Gasteiger partial charge in [-0.3, -0.25) is 0 Å². The summed E-state index contributed by atoms with van der Waals surface area (Å²) in [6.07, 6.45) is -0.843. The van der Waals surface area contributed by atoms with E-state index in [1.165, 1.54) is 4.88 Å². The molecule has 3 rings (SSSR count). The molecule has 0 aliphatic rings. The van der Waals surface area contributed by atoms with Gasteiger partial charge in [0.1, 0.15) is 5.69 Å². The average molecular weight is 329 g/mol. The lowest BCUT2D eigenvalue weighted by molar-refractivity contribution is 0.137. The maximum atomic E-state index is 10.6. The Labute approximate surface area is 136 Å². The molecule has 0 saturated carbocycles. The van der Waals surface area contributed by atoms with Crippen LogP contribution in [0.15, 0.2) is 52.4 Å². The van der Waals surface area contributed by atoms with Crippen molar-refractivity contribution in [2.45, 2.75) is 13.2 Å². The van der Waals surface area contributed by atoms with E-state index in [1.54, 1.807) is 17.4 Å². The number of nitrogens with one attached hydrogen (secondary N) is 1. The number of primary amides is 1. The summed E-state index contributed by atoms with van der Waals surface area (Å²) in [7, 11) is 0. The van der Waals surface area contributed by atoms with Crippen molar-refractivity contribution >= 4 is 23.1 Å². The number of thiophene rings is 1. The highest BCUT2D eigenvalue weighted by Crippen LogP contribution is 2.22. The van der Waals surface area contributed by atoms with E-state index in [9.17, 15) is 4.79 Å². The molecule has 3 N–H and O–H groups in total. The first-order valence-corrected chi connectivity index (χ1v) is 7.83. The summed E-state index contributed by atoms with van der Waals surface area (Å²) in [5.41, 5.74) is 7.54. The lowest BCUT2D eigenvalue weighted by Gasteiger charge is -2.05. The number of benzene rings is 1. The highest BCUT2D eigenvalue weighted by molar-refractivity contribution is 7.09. The molecule has 0 radical (unpaired) electrons. The van der Waals surface area contributed by atoms with Gasteiger partial charge in [-0.1, -0.05) is 23.4 Å². The van der Waals surface area contributed by atoms with E-state index in [-0.39, 0.29) is 6.61 Å². The monoisotopic (exact) mass is 329 g/mol. The third-order valence-corrected chi connectivity index (χ3v) is 4.02. The first-order chi connectivity index (χ1) is 11.2. The van der Waals surface area contributed by atoms with E-state index in [4.69, 9.17) is 10.3 Å². The molecule has 1 amide bonds. The first kappa shape index (κ1) is 15.1. The molecule has 0 aliphatic carbocycles. The molecular weight excluding hydrogens is 314 g/mol. The molecule has 0 bridgehead atoms. The van der Waals surface area contributed by atoms with E-state index in [0.29, 0.717) is 11.5 Å². The Hall–Kier alpha value is -2.80. The lowest BCUT2D eigenvalue weighted by atomic mass is 10.1. The van der Waals surface area contributed by atoms with Crippen LogP contribution < -0.4 is 11.1 Å². The Morgan fingerprint density at radius 2 is 2.13 bits per heavy atom. The van der Waals surface area contributed by atoms with Gasteiger partial charge >= 0.3 is 6.09 Å². The summed E-state index contributed by atoms with van der Waals surface area (Å²) in [5, 5.41) is 9.37. The largest absolute Gasteiger partial charge is 0.441 e. The number of amides is 1. The molecule has 0 spiro atoms. The minimum absolute atomic E-state index is 0.0250. The van der Waals surface area contributed by atoms with Crippen molar-refractivity contribution in [2.24, 2.45) is 5.73 Å². The molecule has 0 atom stereocenters. The molecule has 118 valence electrons. The number of hydrogen-bond donors (Lipinski definition) is 2. The van der Waals surface area contributed by atoms with Gasteiger partial charge in [0.25, 0.3) is 0 Å². The van der Waals surface area contributed by atoms with Crippen molar-refractivity contribution in [3.8, 4) is 11.3 Å². The van der Waals surface area contributed by atoms with Crippen LogP contribution in [-0.2, 0) is 17.9 Å². The Balaban J connectivity index is 1.61. The Bertz CT molecular complexity index is 766. The van der Waals surface area contributed by atoms with Gasteiger partial charge in [0, 0.05) is 28.7 Å². The molecule has 2 aromatic heterocycles. The fourth-order valence-corrected chi connectivity index (χ4v) is 2.67. The summed E-state index contributed by atoms with van der Waals surface area (Å²) in [6, 6.07) is 13.7. The second-order valence-electron chi connectivity index (χ2n) is 4.80. The van der Waals surface area contributed by atoms with Crippen molar-refractivity contribution < 1.29 is 14.1 Å². The van der Waals surface area contributed by atoms with E-state index in [0.717, 1.165) is 17.8 Å². The summed E-state index contributed by atoms with van der Waals surface area (Å²) in [5.74, 6) is 0.443. The zero-order valence-electron chi connectivity index (χ0n) is 12.2. The van der Waals surface area contributed by atoms with Gasteiger partial charge in [-0.15, -0.1) is 11.3 Å². The van der Waals surface area contributed by atoms with Gasteiger partial charge in [0.05, 0.1) is 0 Å². The standard InChI is InChI=1S/C16H15N3O3S/c17-16(20)21-10-13-8-15(19-22-13)11-3-5-12(6-4-11)18-9-14-2-1-7-23-14/h1-8,18H,9-10H2,(H2,17,20). The third kappa shape index (κ3) is 4.10. The van der Waals surface area contributed by atoms with Gasteiger partial charge in [-0.05, 0) is 23.6 Å². The van der Waals surface area contributed by atoms with Crippen molar-refractivity contribution in [1.82, 2.24) is 5.16 Å². The molecule has 0 aliphatic heterocycles. The van der Waals surface area contributed by atoms with Gasteiger partial charge in [-0.2, -0.15) is 0 Å². The number of rotatable bonds is 6. The maximum Gasteiger partial charge on any atom is 0.404 e. The summed E-state index contributed by atoms with van der Waals surface area (Å²) >= 11 is 1.72. The van der Waals surface area contributed by atoms with Crippen LogP contribution in [0.25, 0.3) is 11.3 Å². The SMILES string of the molecule is NC(=O)OCc1cc(-c2ccc(NCc3cccs3)cc2)no1. The first-order valence-electron chi connectivity index (χ1n) is 6.95. The zero-order chi connectivity index (χ0) is 16.1. The Morgan fingerprint density at radius 1 is 1.30 bits per heavy atom. The van der Waals surface area contributed by atoms with Crippen LogP contribution >= 0.6 is 11.3 Å². The predicted molar refractivity (Wildman–Crippen MR) is 88.0 cm³/mol. The number of carbonyl (C=O) groups is 1. The van der Waals surface area contributed by atoms with E-state index in [2.05, 4.69) is 26.7 Å². The van der Waals surface area contributed by atoms with Gasteiger partial charge < -0.3 is 20.3 Å². The third-order valence-electron chi connectivity index (χ3n) is 3.14. The Kier molecular flexibility index (Phi) is 4.58. The normalized spacial score (nSPS) is 10.4. The molecule has 3 aromatic rings. The summed E-state index contributed by atoms with van der Waals surface area (Å²) < 4.78 is 9.76. The van der Waals surface area contributed by atoms with Crippen LogP contribution in [0, 0.1) is 0 Å². The second-order valence-corrected chi connectivity index (χ2v) is 5.83. The van der Waals surface area contributed by atoms with Crippen molar-refractivity contribution in [3.05, 3.63) is 58.5 Å². The highest BCUT2D eigenvalue weighted by Gasteiger charge is 2.08. The number of anilines is 1. The number of hydrogen-bond acceptors (Lipinski definition) is 6. The van der Waals surface area contributed by atoms with Crippen LogP contribution in [0.3, 0.4) is 0 Å². The number of nitrogens with two attached hydrogens (primary N) is 1. The minimum atomic E-state index is -0.843. The number of aromatic nitrogens is 1. The number of ether oxygens (including phenoxy) is 1. The van der Waals surface area contributed by atoms with Gasteiger partial charge in [0.2, 0.25) is 0 Å². The fourth-order valence-electron chi connectivity index (χ4n) is 2.02. The molecule has 2 heterocycles. The van der Waals surface area contributed by atoms with Crippen LogP contribution in [0.2, 0.25) is 0 Å². The van der Waals surface area contributed by atoms with Crippen molar-refractivity contribution in [3.63, 3.8) is 0 Å². The molecule has 1 aromatic carbocycles. The van der Waals surface area contributed by atoms with E-state index in [1.807, 2.05) is 30.3 Å². The second kappa shape index (κ2) is 6.97. The molecule has 0 saturated heterocycles. The molecule has 7 heteroatoms. The zero-order valence-corrected chi connectivity index (χ0v) is 13.0. The van der Waals surface area contributed by atoms with Gasteiger partial charge in [-0.25, -0.2) is 4.79 Å². The highest BCUT2D eigenvalue weighted by atomic mass is 32.1.